The van der Waals surface area contributed by atoms with Crippen molar-refractivity contribution in [2.45, 2.75) is 30.4 Å². The number of ether oxygens (including phenoxy) is 2. The van der Waals surface area contributed by atoms with Gasteiger partial charge in [-0.1, -0.05) is 5.16 Å². The van der Waals surface area contributed by atoms with E-state index in [4.69, 9.17) is 14.0 Å². The Hall–Kier alpha value is -3.33. The minimum atomic E-state index is -1.51. The molecule has 30 heavy (non-hydrogen) atoms. The van der Waals surface area contributed by atoms with Gasteiger partial charge >= 0.3 is 0 Å². The van der Waals surface area contributed by atoms with Gasteiger partial charge in [0.25, 0.3) is 0 Å². The van der Waals surface area contributed by atoms with Crippen molar-refractivity contribution in [2.24, 2.45) is 0 Å². The Balaban J connectivity index is 1.37. The normalized spacial score (nSPS) is 14.6. The lowest BCUT2D eigenvalue weighted by atomic mass is 10.1. The third kappa shape index (κ3) is 3.88. The van der Waals surface area contributed by atoms with Crippen molar-refractivity contribution in [3.05, 3.63) is 60.4 Å². The summed E-state index contributed by atoms with van der Waals surface area (Å²) in [5.74, 6) is 1.74. The number of hydrogen-bond acceptors (Lipinski definition) is 6. The fourth-order valence-corrected chi connectivity index (χ4v) is 3.98. The van der Waals surface area contributed by atoms with Crippen LogP contribution in [0.3, 0.4) is 0 Å². The summed E-state index contributed by atoms with van der Waals surface area (Å²) in [7, 11) is 0.0686. The average Bonchev–Trinajstić information content (AvgIpc) is 3.25. The number of anilines is 1. The Morgan fingerprint density at radius 2 is 2.10 bits per heavy atom. The molecule has 1 unspecified atom stereocenters. The van der Waals surface area contributed by atoms with E-state index < -0.39 is 11.0 Å². The zero-order valence-corrected chi connectivity index (χ0v) is 17.1. The molecular weight excluding hydrogens is 404 g/mol. The van der Waals surface area contributed by atoms with Crippen LogP contribution >= 0.6 is 0 Å². The highest BCUT2D eigenvalue weighted by atomic mass is 32.2. The third-order valence-electron chi connectivity index (χ3n) is 4.78. The molecule has 8 nitrogen and oxygen atoms in total. The van der Waals surface area contributed by atoms with Crippen LogP contribution in [0, 0.1) is 0 Å². The molecule has 0 bridgehead atoms. The molecule has 0 aliphatic heterocycles. The largest absolute Gasteiger partial charge is 0.496 e. The summed E-state index contributed by atoms with van der Waals surface area (Å²) >= 11 is 0. The molecule has 1 atom stereocenters. The van der Waals surface area contributed by atoms with Crippen molar-refractivity contribution in [3.63, 3.8) is 0 Å². The number of nitrogens with zero attached hydrogens (tertiary/aromatic N) is 3. The smallest absolute Gasteiger partial charge is 0.193 e. The molecule has 2 heterocycles. The van der Waals surface area contributed by atoms with Crippen molar-refractivity contribution in [1.29, 1.82) is 0 Å². The van der Waals surface area contributed by atoms with Crippen LogP contribution < -0.4 is 14.2 Å². The first-order chi connectivity index (χ1) is 14.7. The molecule has 154 valence electrons. The van der Waals surface area contributed by atoms with E-state index in [1.807, 2.05) is 41.2 Å². The van der Waals surface area contributed by atoms with Crippen molar-refractivity contribution in [1.82, 2.24) is 14.9 Å². The molecule has 5 rings (SSSR count). The fraction of sp³-hybridized carbons (Fsp3) is 0.238. The Bertz CT molecular complexity index is 1180. The van der Waals surface area contributed by atoms with Gasteiger partial charge in [-0.05, 0) is 60.9 Å². The number of rotatable bonds is 8. The van der Waals surface area contributed by atoms with Crippen LogP contribution in [0.5, 0.6) is 11.5 Å². The van der Waals surface area contributed by atoms with E-state index in [1.54, 1.807) is 25.4 Å². The molecule has 1 saturated carbocycles. The van der Waals surface area contributed by atoms with E-state index in [0.29, 0.717) is 40.1 Å². The SMILES string of the molecule is COc1cc(Cn2cccn2)cc2onc(NS(=O)c3ccc(OC4CC4)cc3)c12. The molecule has 4 aromatic rings. The molecule has 0 radical (unpaired) electrons. The maximum absolute atomic E-state index is 12.8. The van der Waals surface area contributed by atoms with Crippen molar-refractivity contribution in [2.75, 3.05) is 11.8 Å². The highest BCUT2D eigenvalue weighted by molar-refractivity contribution is 7.86. The highest BCUT2D eigenvalue weighted by Gasteiger charge is 2.23. The minimum Gasteiger partial charge on any atom is -0.496 e. The number of hydrogen-bond donors (Lipinski definition) is 1. The van der Waals surface area contributed by atoms with Crippen LogP contribution in [-0.2, 0) is 17.5 Å². The monoisotopic (exact) mass is 424 g/mol. The van der Waals surface area contributed by atoms with Gasteiger partial charge in [0, 0.05) is 12.4 Å². The first-order valence-electron chi connectivity index (χ1n) is 9.58. The van der Waals surface area contributed by atoms with Crippen LogP contribution in [0.25, 0.3) is 11.0 Å². The number of methoxy groups -OCH3 is 1. The van der Waals surface area contributed by atoms with Gasteiger partial charge in [0.1, 0.15) is 16.9 Å². The molecule has 2 aromatic carbocycles. The zero-order chi connectivity index (χ0) is 20.5. The van der Waals surface area contributed by atoms with Crippen molar-refractivity contribution >= 4 is 27.8 Å². The maximum atomic E-state index is 12.8. The standard InChI is InChI=1S/C21H20N4O4S/c1-27-18-11-14(13-25-10-2-9-22-25)12-19-20(18)21(23-29-19)24-30(26)17-7-5-16(6-8-17)28-15-3-4-15/h2,5-12,15H,3-4,13H2,1H3,(H,23,24). The first kappa shape index (κ1) is 18.7. The van der Waals surface area contributed by atoms with Crippen LogP contribution in [0.4, 0.5) is 5.82 Å². The first-order valence-corrected chi connectivity index (χ1v) is 10.7. The van der Waals surface area contributed by atoms with Gasteiger partial charge in [-0.2, -0.15) is 5.10 Å². The Kier molecular flexibility index (Phi) is 4.88. The second kappa shape index (κ2) is 7.83. The number of benzene rings is 2. The molecule has 2 aromatic heterocycles. The fourth-order valence-electron chi connectivity index (χ4n) is 3.16. The van der Waals surface area contributed by atoms with Crippen LogP contribution in [-0.4, -0.2) is 32.4 Å². The van der Waals surface area contributed by atoms with Crippen LogP contribution in [0.15, 0.2) is 64.3 Å². The molecule has 1 N–H and O–H groups in total. The van der Waals surface area contributed by atoms with E-state index in [0.717, 1.165) is 24.2 Å². The second-order valence-electron chi connectivity index (χ2n) is 7.07. The van der Waals surface area contributed by atoms with E-state index in [2.05, 4.69) is 15.0 Å². The van der Waals surface area contributed by atoms with Gasteiger partial charge in [0.05, 0.1) is 24.7 Å². The Morgan fingerprint density at radius 1 is 1.27 bits per heavy atom. The zero-order valence-electron chi connectivity index (χ0n) is 16.3. The van der Waals surface area contributed by atoms with Crippen LogP contribution in [0.1, 0.15) is 18.4 Å². The van der Waals surface area contributed by atoms with Gasteiger partial charge < -0.3 is 14.0 Å². The summed E-state index contributed by atoms with van der Waals surface area (Å²) in [5.41, 5.74) is 1.50. The van der Waals surface area contributed by atoms with Crippen molar-refractivity contribution in [3.8, 4) is 11.5 Å². The third-order valence-corrected chi connectivity index (χ3v) is 5.85. The molecule has 0 spiro atoms. The van der Waals surface area contributed by atoms with E-state index in [1.165, 1.54) is 0 Å². The van der Waals surface area contributed by atoms with Gasteiger partial charge in [0.2, 0.25) is 0 Å². The van der Waals surface area contributed by atoms with Crippen molar-refractivity contribution < 1.29 is 18.2 Å². The molecule has 0 saturated heterocycles. The quantitative estimate of drug-likeness (QED) is 0.463. The lowest BCUT2D eigenvalue weighted by Crippen LogP contribution is -2.06. The van der Waals surface area contributed by atoms with Crippen LogP contribution in [0.2, 0.25) is 0 Å². The highest BCUT2D eigenvalue weighted by Crippen LogP contribution is 2.34. The number of nitrogens with one attached hydrogen (secondary N) is 1. The minimum absolute atomic E-state index is 0.326. The Labute approximate surface area is 175 Å². The topological polar surface area (TPSA) is 91.4 Å². The van der Waals surface area contributed by atoms with E-state index in [9.17, 15) is 4.21 Å². The summed E-state index contributed by atoms with van der Waals surface area (Å²) in [4.78, 5) is 0.614. The second-order valence-corrected chi connectivity index (χ2v) is 8.28. The average molecular weight is 424 g/mol. The van der Waals surface area contributed by atoms with Gasteiger partial charge in [-0.3, -0.25) is 9.40 Å². The predicted molar refractivity (Wildman–Crippen MR) is 112 cm³/mol. The summed E-state index contributed by atoms with van der Waals surface area (Å²) in [6, 6.07) is 12.9. The van der Waals surface area contributed by atoms with E-state index in [-0.39, 0.29) is 0 Å². The van der Waals surface area contributed by atoms with Gasteiger partial charge in [0.15, 0.2) is 22.4 Å². The van der Waals surface area contributed by atoms with Gasteiger partial charge in [-0.15, -0.1) is 0 Å². The molecule has 9 heteroatoms. The Morgan fingerprint density at radius 3 is 2.80 bits per heavy atom. The predicted octanol–water partition coefficient (Wildman–Crippen LogP) is 3.76. The number of fused-ring (bicyclic) bond motifs is 1. The number of aromatic nitrogens is 3. The molecule has 1 aliphatic rings. The maximum Gasteiger partial charge on any atom is 0.193 e. The summed E-state index contributed by atoms with van der Waals surface area (Å²) in [5, 5.41) is 8.93. The summed E-state index contributed by atoms with van der Waals surface area (Å²) in [6.07, 6.45) is 6.13. The van der Waals surface area contributed by atoms with E-state index >= 15 is 0 Å². The lowest BCUT2D eigenvalue weighted by molar-refractivity contribution is 0.303. The molecule has 1 fully saturated rings. The molecular formula is C21H20N4O4S. The lowest BCUT2D eigenvalue weighted by Gasteiger charge is -2.08. The summed E-state index contributed by atoms with van der Waals surface area (Å²) in [6.45, 7) is 0.573. The summed E-state index contributed by atoms with van der Waals surface area (Å²) < 4.78 is 34.3. The molecule has 1 aliphatic carbocycles. The van der Waals surface area contributed by atoms with Gasteiger partial charge in [-0.25, -0.2) is 4.21 Å². The molecule has 0 amide bonds.